The summed E-state index contributed by atoms with van der Waals surface area (Å²) in [5.41, 5.74) is 0. The summed E-state index contributed by atoms with van der Waals surface area (Å²) in [7, 11) is 1.67. The molecule has 0 radical (unpaired) electrons. The van der Waals surface area contributed by atoms with Crippen LogP contribution in [0.5, 0.6) is 0 Å². The standard InChI is InChI=1S/C9H17NO/c1-4-5-6-7-8(2)9(11)10-3/h5-6,8H,4,7H2,1-3H3,(H,10,11). The third-order valence-corrected chi connectivity index (χ3v) is 1.59. The molecule has 0 aliphatic carbocycles. The average Bonchev–Trinajstić information content (AvgIpc) is 2.03. The summed E-state index contributed by atoms with van der Waals surface area (Å²) in [5, 5.41) is 2.62. The molecule has 2 heteroatoms. The van der Waals surface area contributed by atoms with Gasteiger partial charge in [-0.15, -0.1) is 0 Å². The number of carbonyl (C=O) groups excluding carboxylic acids is 1. The molecule has 2 nitrogen and oxygen atoms in total. The maximum Gasteiger partial charge on any atom is 0.222 e. The predicted octanol–water partition coefficient (Wildman–Crippen LogP) is 1.72. The molecule has 0 rings (SSSR count). The van der Waals surface area contributed by atoms with Gasteiger partial charge >= 0.3 is 0 Å². The number of rotatable bonds is 4. The van der Waals surface area contributed by atoms with Gasteiger partial charge in [-0.3, -0.25) is 4.79 Å². The predicted molar refractivity (Wildman–Crippen MR) is 47.3 cm³/mol. The van der Waals surface area contributed by atoms with Crippen LogP contribution in [0.1, 0.15) is 26.7 Å². The van der Waals surface area contributed by atoms with E-state index >= 15 is 0 Å². The molecule has 0 saturated heterocycles. The second-order valence-corrected chi connectivity index (χ2v) is 2.63. The van der Waals surface area contributed by atoms with E-state index in [1.165, 1.54) is 0 Å². The van der Waals surface area contributed by atoms with Crippen molar-refractivity contribution in [2.45, 2.75) is 26.7 Å². The molecule has 0 spiro atoms. The summed E-state index contributed by atoms with van der Waals surface area (Å²) in [4.78, 5) is 11.0. The fraction of sp³-hybridized carbons (Fsp3) is 0.667. The van der Waals surface area contributed by atoms with Gasteiger partial charge in [0.25, 0.3) is 0 Å². The van der Waals surface area contributed by atoms with Crippen molar-refractivity contribution in [3.8, 4) is 0 Å². The summed E-state index contributed by atoms with van der Waals surface area (Å²) in [6.45, 7) is 4.01. The van der Waals surface area contributed by atoms with Crippen LogP contribution < -0.4 is 5.32 Å². The van der Waals surface area contributed by atoms with Crippen LogP contribution in [0.25, 0.3) is 0 Å². The lowest BCUT2D eigenvalue weighted by atomic mass is 10.1. The van der Waals surface area contributed by atoms with Crippen molar-refractivity contribution in [2.75, 3.05) is 7.05 Å². The van der Waals surface area contributed by atoms with Crippen LogP contribution in [-0.4, -0.2) is 13.0 Å². The van der Waals surface area contributed by atoms with Gasteiger partial charge in [-0.1, -0.05) is 26.0 Å². The van der Waals surface area contributed by atoms with E-state index in [-0.39, 0.29) is 11.8 Å². The van der Waals surface area contributed by atoms with Crippen molar-refractivity contribution in [1.82, 2.24) is 5.32 Å². The Kier molecular flexibility index (Phi) is 5.53. The van der Waals surface area contributed by atoms with E-state index in [9.17, 15) is 4.79 Å². The summed E-state index contributed by atoms with van der Waals surface area (Å²) < 4.78 is 0. The van der Waals surface area contributed by atoms with Gasteiger partial charge in [0.2, 0.25) is 5.91 Å². The molecule has 0 aromatic carbocycles. The van der Waals surface area contributed by atoms with E-state index in [0.717, 1.165) is 12.8 Å². The average molecular weight is 155 g/mol. The Morgan fingerprint density at radius 2 is 2.18 bits per heavy atom. The zero-order chi connectivity index (χ0) is 8.69. The lowest BCUT2D eigenvalue weighted by Gasteiger charge is -2.05. The highest BCUT2D eigenvalue weighted by Gasteiger charge is 2.07. The molecule has 0 fully saturated rings. The quantitative estimate of drug-likeness (QED) is 0.615. The second-order valence-electron chi connectivity index (χ2n) is 2.63. The highest BCUT2D eigenvalue weighted by atomic mass is 16.1. The van der Waals surface area contributed by atoms with Gasteiger partial charge < -0.3 is 5.32 Å². The topological polar surface area (TPSA) is 29.1 Å². The fourth-order valence-electron chi connectivity index (χ4n) is 0.820. The minimum Gasteiger partial charge on any atom is -0.359 e. The third kappa shape index (κ3) is 4.59. The van der Waals surface area contributed by atoms with Crippen LogP contribution in [-0.2, 0) is 4.79 Å². The first-order valence-electron chi connectivity index (χ1n) is 4.09. The molecule has 0 saturated carbocycles. The largest absolute Gasteiger partial charge is 0.359 e. The van der Waals surface area contributed by atoms with Crippen molar-refractivity contribution >= 4 is 5.91 Å². The molecular formula is C9H17NO. The van der Waals surface area contributed by atoms with E-state index in [1.807, 2.05) is 6.92 Å². The number of allylic oxidation sites excluding steroid dienone is 2. The molecule has 64 valence electrons. The molecule has 0 aliphatic heterocycles. The number of hydrogen-bond donors (Lipinski definition) is 1. The van der Waals surface area contributed by atoms with Crippen molar-refractivity contribution in [1.29, 1.82) is 0 Å². The van der Waals surface area contributed by atoms with E-state index in [0.29, 0.717) is 0 Å². The number of amides is 1. The molecule has 0 aromatic heterocycles. The van der Waals surface area contributed by atoms with Gasteiger partial charge in [0.05, 0.1) is 0 Å². The Morgan fingerprint density at radius 3 is 2.64 bits per heavy atom. The molecule has 1 amide bonds. The van der Waals surface area contributed by atoms with Gasteiger partial charge in [0, 0.05) is 13.0 Å². The minimum atomic E-state index is 0.0998. The molecule has 11 heavy (non-hydrogen) atoms. The Bertz CT molecular complexity index is 140. The molecule has 0 aliphatic rings. The van der Waals surface area contributed by atoms with Crippen LogP contribution in [0.4, 0.5) is 0 Å². The number of hydrogen-bond acceptors (Lipinski definition) is 1. The molecule has 1 unspecified atom stereocenters. The monoisotopic (exact) mass is 155 g/mol. The Morgan fingerprint density at radius 1 is 1.55 bits per heavy atom. The van der Waals surface area contributed by atoms with E-state index in [2.05, 4.69) is 24.4 Å². The fourth-order valence-corrected chi connectivity index (χ4v) is 0.820. The Balaban J connectivity index is 3.59. The first kappa shape index (κ1) is 10.2. The first-order chi connectivity index (χ1) is 5.22. The third-order valence-electron chi connectivity index (χ3n) is 1.59. The van der Waals surface area contributed by atoms with Crippen LogP contribution >= 0.6 is 0 Å². The van der Waals surface area contributed by atoms with E-state index in [4.69, 9.17) is 0 Å². The van der Waals surface area contributed by atoms with Crippen LogP contribution in [0.3, 0.4) is 0 Å². The maximum atomic E-state index is 11.0. The van der Waals surface area contributed by atoms with Crippen molar-refractivity contribution < 1.29 is 4.79 Å². The van der Waals surface area contributed by atoms with Gasteiger partial charge in [-0.2, -0.15) is 0 Å². The first-order valence-corrected chi connectivity index (χ1v) is 4.09. The molecule has 0 heterocycles. The van der Waals surface area contributed by atoms with Crippen molar-refractivity contribution in [3.63, 3.8) is 0 Å². The summed E-state index contributed by atoms with van der Waals surface area (Å²) in [5.74, 6) is 0.216. The zero-order valence-electron chi connectivity index (χ0n) is 7.55. The van der Waals surface area contributed by atoms with Crippen LogP contribution in [0, 0.1) is 5.92 Å². The van der Waals surface area contributed by atoms with Gasteiger partial charge in [-0.05, 0) is 12.8 Å². The van der Waals surface area contributed by atoms with E-state index < -0.39 is 0 Å². The normalized spacial score (nSPS) is 13.4. The molecular weight excluding hydrogens is 138 g/mol. The number of carbonyl (C=O) groups is 1. The Hall–Kier alpha value is -0.790. The minimum absolute atomic E-state index is 0.0998. The van der Waals surface area contributed by atoms with Crippen molar-refractivity contribution in [3.05, 3.63) is 12.2 Å². The highest BCUT2D eigenvalue weighted by molar-refractivity contribution is 5.77. The van der Waals surface area contributed by atoms with Crippen LogP contribution in [0.15, 0.2) is 12.2 Å². The lowest BCUT2D eigenvalue weighted by Crippen LogP contribution is -2.24. The summed E-state index contributed by atoms with van der Waals surface area (Å²) >= 11 is 0. The Labute approximate surface area is 68.7 Å². The second kappa shape index (κ2) is 5.96. The van der Waals surface area contributed by atoms with Crippen LogP contribution in [0.2, 0.25) is 0 Å². The highest BCUT2D eigenvalue weighted by Crippen LogP contribution is 2.02. The molecule has 0 aromatic rings. The summed E-state index contributed by atoms with van der Waals surface area (Å²) in [6, 6.07) is 0. The molecule has 0 bridgehead atoms. The summed E-state index contributed by atoms with van der Waals surface area (Å²) in [6.07, 6.45) is 6.02. The zero-order valence-corrected chi connectivity index (χ0v) is 7.55. The smallest absolute Gasteiger partial charge is 0.222 e. The van der Waals surface area contributed by atoms with Gasteiger partial charge in [-0.25, -0.2) is 0 Å². The lowest BCUT2D eigenvalue weighted by molar-refractivity contribution is -0.123. The molecule has 1 atom stereocenters. The van der Waals surface area contributed by atoms with Crippen molar-refractivity contribution in [2.24, 2.45) is 5.92 Å². The van der Waals surface area contributed by atoms with E-state index in [1.54, 1.807) is 7.05 Å². The SMILES string of the molecule is CCC=CCC(C)C(=O)NC. The molecule has 1 N–H and O–H groups in total. The van der Waals surface area contributed by atoms with Gasteiger partial charge in [0.15, 0.2) is 0 Å². The number of nitrogens with one attached hydrogen (secondary N) is 1. The van der Waals surface area contributed by atoms with Gasteiger partial charge in [0.1, 0.15) is 0 Å². The maximum absolute atomic E-state index is 11.0.